The Balaban J connectivity index is 2.28. The molecule has 3 atom stereocenters. The molecular formula is C14H21N3O4. The summed E-state index contributed by atoms with van der Waals surface area (Å²) in [4.78, 5) is 25.3. The molecule has 0 saturated carbocycles. The van der Waals surface area contributed by atoms with Crippen LogP contribution < -0.4 is 0 Å². The third-order valence-electron chi connectivity index (χ3n) is 3.75. The largest absolute Gasteiger partial charge is 0.480 e. The van der Waals surface area contributed by atoms with Gasteiger partial charge in [-0.3, -0.25) is 9.48 Å². The molecule has 7 nitrogen and oxygen atoms in total. The Morgan fingerprint density at radius 2 is 2.10 bits per heavy atom. The summed E-state index contributed by atoms with van der Waals surface area (Å²) in [6, 6.07) is -1.53. The molecule has 21 heavy (non-hydrogen) atoms. The van der Waals surface area contributed by atoms with Crippen LogP contribution >= 0.6 is 0 Å². The molecular weight excluding hydrogens is 274 g/mol. The molecule has 2 rings (SSSR count). The van der Waals surface area contributed by atoms with E-state index in [9.17, 15) is 19.8 Å². The van der Waals surface area contributed by atoms with Crippen LogP contribution in [0.2, 0.25) is 0 Å². The first-order valence-corrected chi connectivity index (χ1v) is 7.03. The number of carbonyl (C=O) groups is 2. The molecule has 1 fully saturated rings. The van der Waals surface area contributed by atoms with Crippen molar-refractivity contribution in [2.24, 2.45) is 5.92 Å². The number of aromatic nitrogens is 2. The number of carbonyl (C=O) groups excluding carboxylic acids is 1. The van der Waals surface area contributed by atoms with E-state index >= 15 is 0 Å². The molecule has 1 aliphatic heterocycles. The number of rotatable bonds is 4. The quantitative estimate of drug-likeness (QED) is 0.840. The van der Waals surface area contributed by atoms with E-state index in [0.29, 0.717) is 0 Å². The number of aliphatic carboxylic acids is 1. The van der Waals surface area contributed by atoms with Gasteiger partial charge in [0.15, 0.2) is 0 Å². The van der Waals surface area contributed by atoms with Gasteiger partial charge in [-0.15, -0.1) is 0 Å². The number of β-amino-alcohol motifs (C(OH)–C–C–N with tert-alkyl or cyclic N) is 1. The maximum Gasteiger partial charge on any atom is 0.326 e. The molecule has 0 aromatic carbocycles. The number of hydrogen-bond donors (Lipinski definition) is 2. The van der Waals surface area contributed by atoms with Crippen LogP contribution in [0.25, 0.3) is 0 Å². The lowest BCUT2D eigenvalue weighted by atomic mass is 10.0. The first-order valence-electron chi connectivity index (χ1n) is 7.03. The summed E-state index contributed by atoms with van der Waals surface area (Å²) in [5.41, 5.74) is 0.935. The van der Waals surface area contributed by atoms with Gasteiger partial charge in [-0.25, -0.2) is 4.79 Å². The number of amides is 1. The molecule has 116 valence electrons. The molecule has 1 saturated heterocycles. The number of nitrogens with zero attached hydrogens (tertiary/aromatic N) is 3. The van der Waals surface area contributed by atoms with Gasteiger partial charge < -0.3 is 15.1 Å². The second-order valence-corrected chi connectivity index (χ2v) is 5.92. The van der Waals surface area contributed by atoms with Crippen LogP contribution in [0.5, 0.6) is 0 Å². The molecule has 7 heteroatoms. The predicted molar refractivity (Wildman–Crippen MR) is 74.6 cm³/mol. The van der Waals surface area contributed by atoms with E-state index in [0.717, 1.165) is 5.56 Å². The molecule has 2 heterocycles. The van der Waals surface area contributed by atoms with Gasteiger partial charge in [0.1, 0.15) is 12.1 Å². The maximum absolute atomic E-state index is 12.7. The summed E-state index contributed by atoms with van der Waals surface area (Å²) in [7, 11) is 0. The zero-order valence-electron chi connectivity index (χ0n) is 12.4. The minimum Gasteiger partial charge on any atom is -0.480 e. The van der Waals surface area contributed by atoms with Gasteiger partial charge in [0.2, 0.25) is 5.91 Å². The predicted octanol–water partition coefficient (Wildman–Crippen LogP) is 0.435. The van der Waals surface area contributed by atoms with Gasteiger partial charge in [-0.2, -0.15) is 5.10 Å². The van der Waals surface area contributed by atoms with Gasteiger partial charge in [0, 0.05) is 19.2 Å². The molecule has 0 aliphatic carbocycles. The molecule has 2 N–H and O–H groups in total. The number of likely N-dealkylation sites (tertiary alicyclic amines) is 1. The maximum atomic E-state index is 12.7. The minimum absolute atomic E-state index is 0.0380. The molecule has 1 amide bonds. The Morgan fingerprint density at radius 3 is 2.57 bits per heavy atom. The van der Waals surface area contributed by atoms with Gasteiger partial charge in [-0.1, -0.05) is 13.8 Å². The fraction of sp³-hybridized carbons (Fsp3) is 0.643. The van der Waals surface area contributed by atoms with E-state index in [1.54, 1.807) is 17.1 Å². The third kappa shape index (κ3) is 3.07. The highest BCUT2D eigenvalue weighted by molar-refractivity contribution is 5.87. The zero-order valence-corrected chi connectivity index (χ0v) is 12.4. The molecule has 1 aliphatic rings. The highest BCUT2D eigenvalue weighted by Gasteiger charge is 2.42. The van der Waals surface area contributed by atoms with Crippen LogP contribution in [0.15, 0.2) is 12.4 Å². The van der Waals surface area contributed by atoms with Crippen LogP contribution in [-0.4, -0.2) is 55.5 Å². The van der Waals surface area contributed by atoms with E-state index in [2.05, 4.69) is 5.10 Å². The first-order chi connectivity index (χ1) is 9.81. The topological polar surface area (TPSA) is 95.7 Å². The summed E-state index contributed by atoms with van der Waals surface area (Å²) in [5.74, 6) is -1.43. The lowest BCUT2D eigenvalue weighted by Gasteiger charge is -2.28. The number of hydrogen-bond acceptors (Lipinski definition) is 4. The van der Waals surface area contributed by atoms with Crippen molar-refractivity contribution in [1.82, 2.24) is 14.7 Å². The van der Waals surface area contributed by atoms with Gasteiger partial charge >= 0.3 is 5.97 Å². The molecule has 0 radical (unpaired) electrons. The summed E-state index contributed by atoms with van der Waals surface area (Å²) in [6.07, 6.45) is 2.72. The Labute approximate surface area is 123 Å². The van der Waals surface area contributed by atoms with E-state index < -0.39 is 24.2 Å². The van der Waals surface area contributed by atoms with Gasteiger partial charge in [-0.05, 0) is 18.4 Å². The van der Waals surface area contributed by atoms with Crippen molar-refractivity contribution in [3.8, 4) is 0 Å². The highest BCUT2D eigenvalue weighted by atomic mass is 16.4. The fourth-order valence-electron chi connectivity index (χ4n) is 2.75. The number of aliphatic hydroxyl groups excluding tert-OH is 1. The van der Waals surface area contributed by atoms with Crippen LogP contribution in [0, 0.1) is 12.8 Å². The van der Waals surface area contributed by atoms with Crippen molar-refractivity contribution < 1.29 is 19.8 Å². The van der Waals surface area contributed by atoms with Crippen molar-refractivity contribution in [2.45, 2.75) is 45.4 Å². The van der Waals surface area contributed by atoms with E-state index in [1.807, 2.05) is 20.8 Å². The SMILES string of the molecule is Cc1cnn(C(C(=O)N2C[C@H](O)C[C@H]2C(=O)O)C(C)C)c1. The van der Waals surface area contributed by atoms with Crippen molar-refractivity contribution >= 4 is 11.9 Å². The Bertz CT molecular complexity index is 540. The second-order valence-electron chi connectivity index (χ2n) is 5.92. The molecule has 0 bridgehead atoms. The summed E-state index contributed by atoms with van der Waals surface area (Å²) < 4.78 is 1.58. The first kappa shape index (κ1) is 15.5. The smallest absolute Gasteiger partial charge is 0.326 e. The van der Waals surface area contributed by atoms with Crippen LogP contribution in [0.4, 0.5) is 0 Å². The summed E-state index contributed by atoms with van der Waals surface area (Å²) >= 11 is 0. The van der Waals surface area contributed by atoms with Crippen molar-refractivity contribution in [1.29, 1.82) is 0 Å². The molecule has 1 aromatic rings. The lowest BCUT2D eigenvalue weighted by molar-refractivity contribution is -0.150. The number of aryl methyl sites for hydroxylation is 1. The number of carboxylic acids is 1. The van der Waals surface area contributed by atoms with Gasteiger partial charge in [0.25, 0.3) is 0 Å². The van der Waals surface area contributed by atoms with Crippen LogP contribution in [0.1, 0.15) is 31.9 Å². The highest BCUT2D eigenvalue weighted by Crippen LogP contribution is 2.26. The van der Waals surface area contributed by atoms with E-state index in [1.165, 1.54) is 4.90 Å². The average Bonchev–Trinajstić information content (AvgIpc) is 2.95. The van der Waals surface area contributed by atoms with Gasteiger partial charge in [0.05, 0.1) is 12.3 Å². The zero-order chi connectivity index (χ0) is 15.7. The normalized spacial score (nSPS) is 23.6. The summed E-state index contributed by atoms with van der Waals surface area (Å²) in [5, 5.41) is 23.1. The Kier molecular flexibility index (Phi) is 4.32. The second kappa shape index (κ2) is 5.85. The Morgan fingerprint density at radius 1 is 1.43 bits per heavy atom. The monoisotopic (exact) mass is 295 g/mol. The average molecular weight is 295 g/mol. The van der Waals surface area contributed by atoms with Crippen molar-refractivity contribution in [3.63, 3.8) is 0 Å². The fourth-order valence-corrected chi connectivity index (χ4v) is 2.75. The molecule has 1 unspecified atom stereocenters. The van der Waals surface area contributed by atoms with Crippen LogP contribution in [0.3, 0.4) is 0 Å². The van der Waals surface area contributed by atoms with E-state index in [-0.39, 0.29) is 24.8 Å². The number of carboxylic acid groups (broad SMARTS) is 1. The van der Waals surface area contributed by atoms with Crippen molar-refractivity contribution in [2.75, 3.05) is 6.54 Å². The summed E-state index contributed by atoms with van der Waals surface area (Å²) in [6.45, 7) is 5.72. The third-order valence-corrected chi connectivity index (χ3v) is 3.75. The standard InChI is InChI=1S/C14H21N3O4/c1-8(2)12(17-6-9(3)5-15-17)13(19)16-7-10(18)4-11(16)14(20)21/h5-6,8,10-12,18H,4,7H2,1-3H3,(H,20,21)/t10-,11+,12?/m1/s1. The van der Waals surface area contributed by atoms with E-state index in [4.69, 9.17) is 0 Å². The molecule has 0 spiro atoms. The Hall–Kier alpha value is -1.89. The van der Waals surface area contributed by atoms with Crippen molar-refractivity contribution in [3.05, 3.63) is 18.0 Å². The minimum atomic E-state index is -1.08. The van der Waals surface area contributed by atoms with Crippen LogP contribution in [-0.2, 0) is 9.59 Å². The lowest BCUT2D eigenvalue weighted by Crippen LogP contribution is -2.45. The molecule has 1 aromatic heterocycles. The number of aliphatic hydroxyl groups is 1.